The van der Waals surface area contributed by atoms with E-state index in [1.54, 1.807) is 6.07 Å². The third kappa shape index (κ3) is 2.24. The molecule has 0 unspecified atom stereocenters. The summed E-state index contributed by atoms with van der Waals surface area (Å²) in [6.45, 7) is 0.234. The molecule has 4 aromatic rings. The molecule has 6 nitrogen and oxygen atoms in total. The average molecular weight is 352 g/mol. The van der Waals surface area contributed by atoms with Gasteiger partial charge in [0.25, 0.3) is 0 Å². The van der Waals surface area contributed by atoms with Crippen LogP contribution in [-0.2, 0) is 7.05 Å². The summed E-state index contributed by atoms with van der Waals surface area (Å²) in [5, 5.41) is 0.882. The molecule has 1 aliphatic heterocycles. The van der Waals surface area contributed by atoms with Crippen molar-refractivity contribution in [1.82, 2.24) is 4.57 Å². The number of para-hydroxylation sites is 1. The predicted octanol–water partition coefficient (Wildman–Crippen LogP) is 3.46. The Morgan fingerprint density at radius 3 is 2.80 bits per heavy atom. The molecule has 1 aliphatic rings. The maximum atomic E-state index is 12.5. The van der Waals surface area contributed by atoms with Crippen LogP contribution in [0.25, 0.3) is 21.2 Å². The molecule has 2 aromatic heterocycles. The Bertz CT molecular complexity index is 1180. The molecule has 0 aliphatic carbocycles. The molecule has 0 N–H and O–H groups in total. The molecule has 124 valence electrons. The number of aromatic nitrogens is 1. The summed E-state index contributed by atoms with van der Waals surface area (Å²) in [6, 6.07) is 13.0. The normalized spacial score (nSPS) is 13.9. The van der Waals surface area contributed by atoms with Crippen LogP contribution in [0.15, 0.2) is 51.9 Å². The molecule has 0 saturated carbocycles. The van der Waals surface area contributed by atoms with E-state index in [9.17, 15) is 4.79 Å². The van der Waals surface area contributed by atoms with E-state index in [1.807, 2.05) is 48.0 Å². The van der Waals surface area contributed by atoms with E-state index in [2.05, 4.69) is 4.99 Å². The first-order valence-electron chi connectivity index (χ1n) is 7.66. The molecule has 1 amide bonds. The largest absolute Gasteiger partial charge is 0.454 e. The maximum absolute atomic E-state index is 12.5. The highest BCUT2D eigenvalue weighted by atomic mass is 32.1. The lowest BCUT2D eigenvalue weighted by Crippen LogP contribution is -2.13. The number of fused-ring (bicyclic) bond motifs is 3. The fraction of sp³-hybridized carbons (Fsp3) is 0.111. The van der Waals surface area contributed by atoms with Crippen LogP contribution < -0.4 is 14.3 Å². The molecule has 0 spiro atoms. The highest BCUT2D eigenvalue weighted by molar-refractivity contribution is 7.16. The number of hydrogen-bond acceptors (Lipinski definition) is 5. The van der Waals surface area contributed by atoms with E-state index < -0.39 is 5.91 Å². The van der Waals surface area contributed by atoms with Crippen molar-refractivity contribution in [3.63, 3.8) is 0 Å². The standard InChI is InChI=1S/C18H12N2O4S/c1-20-11-7-13-14(23-9-22-13)8-16(11)25-18(20)19-17(21)15-6-10-4-2-3-5-12(10)24-15/h2-8H,9H2,1H3. The maximum Gasteiger partial charge on any atom is 0.315 e. The van der Waals surface area contributed by atoms with E-state index in [0.29, 0.717) is 21.9 Å². The van der Waals surface area contributed by atoms with Crippen LogP contribution in [-0.4, -0.2) is 17.3 Å². The summed E-state index contributed by atoms with van der Waals surface area (Å²) in [5.41, 5.74) is 1.61. The minimum absolute atomic E-state index is 0.229. The number of benzene rings is 2. The number of aryl methyl sites for hydroxylation is 1. The van der Waals surface area contributed by atoms with Crippen LogP contribution in [0.5, 0.6) is 11.5 Å². The summed E-state index contributed by atoms with van der Waals surface area (Å²) in [6.07, 6.45) is 0. The second-order valence-corrected chi connectivity index (χ2v) is 6.69. The van der Waals surface area contributed by atoms with Crippen LogP contribution in [0, 0.1) is 0 Å². The Kier molecular flexibility index (Phi) is 2.98. The van der Waals surface area contributed by atoms with Gasteiger partial charge >= 0.3 is 5.91 Å². The zero-order valence-corrected chi connectivity index (χ0v) is 14.0. The molecular weight excluding hydrogens is 340 g/mol. The van der Waals surface area contributed by atoms with Crippen molar-refractivity contribution in [2.24, 2.45) is 12.0 Å². The number of carbonyl (C=O) groups is 1. The predicted molar refractivity (Wildman–Crippen MR) is 93.0 cm³/mol. The van der Waals surface area contributed by atoms with Gasteiger partial charge in [-0.3, -0.25) is 4.79 Å². The molecule has 0 radical (unpaired) electrons. The van der Waals surface area contributed by atoms with E-state index in [1.165, 1.54) is 11.3 Å². The van der Waals surface area contributed by atoms with E-state index in [4.69, 9.17) is 13.9 Å². The quantitative estimate of drug-likeness (QED) is 0.526. The van der Waals surface area contributed by atoms with Crippen LogP contribution in [0.1, 0.15) is 10.6 Å². The van der Waals surface area contributed by atoms with Gasteiger partial charge in [0.15, 0.2) is 22.1 Å². The Labute approximate surface area is 145 Å². The van der Waals surface area contributed by atoms with E-state index in [-0.39, 0.29) is 12.6 Å². The average Bonchev–Trinajstić information content (AvgIpc) is 3.31. The van der Waals surface area contributed by atoms with E-state index in [0.717, 1.165) is 15.6 Å². The Morgan fingerprint density at radius 2 is 1.96 bits per heavy atom. The van der Waals surface area contributed by atoms with Gasteiger partial charge in [-0.1, -0.05) is 29.5 Å². The second kappa shape index (κ2) is 5.22. The Morgan fingerprint density at radius 1 is 1.16 bits per heavy atom. The molecule has 25 heavy (non-hydrogen) atoms. The first-order chi connectivity index (χ1) is 12.2. The van der Waals surface area contributed by atoms with Crippen LogP contribution >= 0.6 is 11.3 Å². The topological polar surface area (TPSA) is 66.0 Å². The van der Waals surface area contributed by atoms with Crippen molar-refractivity contribution in [2.75, 3.05) is 6.79 Å². The minimum Gasteiger partial charge on any atom is -0.454 e. The summed E-state index contributed by atoms with van der Waals surface area (Å²) >= 11 is 1.42. The van der Waals surface area contributed by atoms with Crippen molar-refractivity contribution in [3.05, 3.63) is 53.0 Å². The fourth-order valence-corrected chi connectivity index (χ4v) is 3.88. The first kappa shape index (κ1) is 14.3. The van der Waals surface area contributed by atoms with Gasteiger partial charge in [0.2, 0.25) is 6.79 Å². The van der Waals surface area contributed by atoms with Crippen LogP contribution in [0.3, 0.4) is 0 Å². The van der Waals surface area contributed by atoms with Gasteiger partial charge in [0.05, 0.1) is 10.2 Å². The fourth-order valence-electron chi connectivity index (χ4n) is 2.85. The number of amides is 1. The Hall–Kier alpha value is -3.06. The van der Waals surface area contributed by atoms with Crippen LogP contribution in [0.4, 0.5) is 0 Å². The van der Waals surface area contributed by atoms with Crippen molar-refractivity contribution >= 4 is 38.4 Å². The van der Waals surface area contributed by atoms with Crippen molar-refractivity contribution in [1.29, 1.82) is 0 Å². The number of nitrogens with zero attached hydrogens (tertiary/aromatic N) is 2. The smallest absolute Gasteiger partial charge is 0.315 e. The third-order valence-corrected chi connectivity index (χ3v) is 5.23. The second-order valence-electron chi connectivity index (χ2n) is 5.68. The number of rotatable bonds is 1. The van der Waals surface area contributed by atoms with Gasteiger partial charge in [-0.05, 0) is 12.1 Å². The summed E-state index contributed by atoms with van der Waals surface area (Å²) in [4.78, 5) is 17.3. The van der Waals surface area contributed by atoms with Crippen molar-refractivity contribution < 1.29 is 18.7 Å². The highest BCUT2D eigenvalue weighted by Gasteiger charge is 2.17. The molecule has 0 saturated heterocycles. The lowest BCUT2D eigenvalue weighted by Gasteiger charge is -1.98. The molecule has 7 heteroatoms. The molecule has 5 rings (SSSR count). The zero-order valence-electron chi connectivity index (χ0n) is 13.2. The van der Waals surface area contributed by atoms with Gasteiger partial charge in [-0.2, -0.15) is 4.99 Å². The first-order valence-corrected chi connectivity index (χ1v) is 8.47. The number of hydrogen-bond donors (Lipinski definition) is 0. The summed E-state index contributed by atoms with van der Waals surface area (Å²) < 4.78 is 19.2. The van der Waals surface area contributed by atoms with Gasteiger partial charge < -0.3 is 18.5 Å². The van der Waals surface area contributed by atoms with Crippen molar-refractivity contribution in [3.8, 4) is 11.5 Å². The lowest BCUT2D eigenvalue weighted by atomic mass is 10.2. The number of furan rings is 1. The summed E-state index contributed by atoms with van der Waals surface area (Å²) in [7, 11) is 1.87. The molecule has 3 heterocycles. The lowest BCUT2D eigenvalue weighted by molar-refractivity contribution is 0.0973. The van der Waals surface area contributed by atoms with Crippen molar-refractivity contribution in [2.45, 2.75) is 0 Å². The highest BCUT2D eigenvalue weighted by Crippen LogP contribution is 2.36. The van der Waals surface area contributed by atoms with Gasteiger partial charge in [0.1, 0.15) is 5.58 Å². The molecular formula is C18H12N2O4S. The number of carbonyl (C=O) groups excluding carboxylic acids is 1. The molecule has 0 fully saturated rings. The van der Waals surface area contributed by atoms with Crippen LogP contribution in [0.2, 0.25) is 0 Å². The summed E-state index contributed by atoms with van der Waals surface area (Å²) in [5.74, 6) is 1.24. The minimum atomic E-state index is -0.404. The van der Waals surface area contributed by atoms with Gasteiger partial charge in [0, 0.05) is 24.6 Å². The molecule has 0 atom stereocenters. The Balaban J connectivity index is 1.62. The van der Waals surface area contributed by atoms with Gasteiger partial charge in [-0.15, -0.1) is 0 Å². The monoisotopic (exact) mass is 352 g/mol. The molecule has 0 bridgehead atoms. The number of thiazole rings is 1. The third-order valence-electron chi connectivity index (χ3n) is 4.14. The van der Waals surface area contributed by atoms with Gasteiger partial charge in [-0.25, -0.2) is 0 Å². The SMILES string of the molecule is Cn1c(=NC(=O)c2cc3ccccc3o2)sc2cc3c(cc21)OCO3. The number of ether oxygens (including phenoxy) is 2. The van der Waals surface area contributed by atoms with E-state index >= 15 is 0 Å². The molecule has 2 aromatic carbocycles. The zero-order chi connectivity index (χ0) is 17.0.